The van der Waals surface area contributed by atoms with E-state index in [-0.39, 0.29) is 5.69 Å². The summed E-state index contributed by atoms with van der Waals surface area (Å²) < 4.78 is 5.60. The number of hydrogen-bond acceptors (Lipinski definition) is 4. The molecule has 1 aliphatic carbocycles. The van der Waals surface area contributed by atoms with Crippen LogP contribution in [0.25, 0.3) is 0 Å². The highest BCUT2D eigenvalue weighted by atomic mass is 16.6. The molecule has 0 saturated heterocycles. The van der Waals surface area contributed by atoms with Crippen molar-refractivity contribution in [2.45, 2.75) is 51.0 Å². The lowest BCUT2D eigenvalue weighted by atomic mass is 9.97. The standard InChI is InChI=1S/C16H24N2O3/c19-18(20)15-8-10-16(11-9-15)21-13-12-17-14-6-4-2-1-3-5-7-14/h8-11,14,17H,1-7,12-13H2. The third kappa shape index (κ3) is 5.71. The predicted molar refractivity (Wildman–Crippen MR) is 82.7 cm³/mol. The number of hydrogen-bond donors (Lipinski definition) is 1. The highest BCUT2D eigenvalue weighted by Crippen LogP contribution is 2.18. The maximum absolute atomic E-state index is 10.6. The van der Waals surface area contributed by atoms with E-state index in [9.17, 15) is 10.1 Å². The van der Waals surface area contributed by atoms with Crippen molar-refractivity contribution < 1.29 is 9.66 Å². The Morgan fingerprint density at radius 1 is 1.10 bits per heavy atom. The summed E-state index contributed by atoms with van der Waals surface area (Å²) in [6.45, 7) is 1.41. The molecule has 0 heterocycles. The van der Waals surface area contributed by atoms with Crippen molar-refractivity contribution >= 4 is 5.69 Å². The van der Waals surface area contributed by atoms with Gasteiger partial charge in [0.2, 0.25) is 0 Å². The molecule has 2 rings (SSSR count). The van der Waals surface area contributed by atoms with Crippen LogP contribution < -0.4 is 10.1 Å². The highest BCUT2D eigenvalue weighted by molar-refractivity contribution is 5.35. The summed E-state index contributed by atoms with van der Waals surface area (Å²) in [5.41, 5.74) is 0.0926. The Labute approximate surface area is 125 Å². The first-order chi connectivity index (χ1) is 10.3. The van der Waals surface area contributed by atoms with Gasteiger partial charge in [-0.05, 0) is 25.0 Å². The normalized spacial score (nSPS) is 17.0. The van der Waals surface area contributed by atoms with Gasteiger partial charge in [-0.3, -0.25) is 10.1 Å². The average molecular weight is 292 g/mol. The van der Waals surface area contributed by atoms with Gasteiger partial charge in [-0.1, -0.05) is 32.1 Å². The molecule has 0 aliphatic heterocycles. The Kier molecular flexibility index (Phi) is 6.47. The van der Waals surface area contributed by atoms with E-state index >= 15 is 0 Å². The Morgan fingerprint density at radius 3 is 2.33 bits per heavy atom. The molecule has 5 heteroatoms. The van der Waals surface area contributed by atoms with Crippen molar-refractivity contribution in [1.29, 1.82) is 0 Å². The minimum Gasteiger partial charge on any atom is -0.492 e. The monoisotopic (exact) mass is 292 g/mol. The van der Waals surface area contributed by atoms with E-state index in [4.69, 9.17) is 4.74 Å². The number of ether oxygens (including phenoxy) is 1. The summed E-state index contributed by atoms with van der Waals surface area (Å²) in [5, 5.41) is 14.1. The predicted octanol–water partition coefficient (Wildman–Crippen LogP) is 3.68. The fourth-order valence-electron chi connectivity index (χ4n) is 2.76. The number of non-ortho nitro benzene ring substituents is 1. The number of nitro benzene ring substituents is 1. The Morgan fingerprint density at radius 2 is 1.71 bits per heavy atom. The zero-order valence-electron chi connectivity index (χ0n) is 12.4. The van der Waals surface area contributed by atoms with E-state index in [0.717, 1.165) is 6.54 Å². The first-order valence-corrected chi connectivity index (χ1v) is 7.86. The summed E-state index contributed by atoms with van der Waals surface area (Å²) >= 11 is 0. The third-order valence-electron chi connectivity index (χ3n) is 3.96. The first kappa shape index (κ1) is 15.8. The van der Waals surface area contributed by atoms with Crippen LogP contribution in [0, 0.1) is 10.1 Å². The Balaban J connectivity index is 1.65. The Bertz CT molecular complexity index is 426. The molecule has 5 nitrogen and oxygen atoms in total. The largest absolute Gasteiger partial charge is 0.492 e. The molecule has 0 radical (unpaired) electrons. The Hall–Kier alpha value is -1.62. The summed E-state index contributed by atoms with van der Waals surface area (Å²) in [5.74, 6) is 0.681. The van der Waals surface area contributed by atoms with Gasteiger partial charge in [0.25, 0.3) is 5.69 Å². The van der Waals surface area contributed by atoms with Crippen LogP contribution in [0.5, 0.6) is 5.75 Å². The van der Waals surface area contributed by atoms with E-state index in [1.165, 1.54) is 57.1 Å². The van der Waals surface area contributed by atoms with Gasteiger partial charge >= 0.3 is 0 Å². The molecule has 116 valence electrons. The first-order valence-electron chi connectivity index (χ1n) is 7.86. The molecular weight excluding hydrogens is 268 g/mol. The van der Waals surface area contributed by atoms with Crippen LogP contribution in [-0.4, -0.2) is 24.1 Å². The fraction of sp³-hybridized carbons (Fsp3) is 0.625. The van der Waals surface area contributed by atoms with Crippen LogP contribution in [0.1, 0.15) is 44.9 Å². The van der Waals surface area contributed by atoms with E-state index in [0.29, 0.717) is 18.4 Å². The number of nitrogens with one attached hydrogen (secondary N) is 1. The second kappa shape index (κ2) is 8.62. The van der Waals surface area contributed by atoms with Crippen molar-refractivity contribution in [2.75, 3.05) is 13.2 Å². The lowest BCUT2D eigenvalue weighted by Gasteiger charge is -2.21. The molecule has 0 atom stereocenters. The van der Waals surface area contributed by atoms with Gasteiger partial charge in [0.05, 0.1) is 4.92 Å². The van der Waals surface area contributed by atoms with Gasteiger partial charge < -0.3 is 10.1 Å². The van der Waals surface area contributed by atoms with Crippen molar-refractivity contribution in [2.24, 2.45) is 0 Å². The molecule has 0 bridgehead atoms. The fourth-order valence-corrected chi connectivity index (χ4v) is 2.76. The van der Waals surface area contributed by atoms with Crippen LogP contribution in [0.3, 0.4) is 0 Å². The number of benzene rings is 1. The van der Waals surface area contributed by atoms with Gasteiger partial charge in [0, 0.05) is 24.7 Å². The number of nitrogens with zero attached hydrogens (tertiary/aromatic N) is 1. The molecule has 0 aromatic heterocycles. The molecular formula is C16H24N2O3. The maximum atomic E-state index is 10.6. The molecule has 1 fully saturated rings. The number of rotatable bonds is 6. The van der Waals surface area contributed by atoms with Gasteiger partial charge in [-0.25, -0.2) is 0 Å². The van der Waals surface area contributed by atoms with E-state index in [1.807, 2.05) is 0 Å². The molecule has 0 spiro atoms. The van der Waals surface area contributed by atoms with Crippen molar-refractivity contribution in [3.8, 4) is 5.75 Å². The summed E-state index contributed by atoms with van der Waals surface area (Å²) in [4.78, 5) is 10.2. The van der Waals surface area contributed by atoms with Gasteiger partial charge in [0.15, 0.2) is 0 Å². The number of nitro groups is 1. The molecule has 0 amide bonds. The van der Waals surface area contributed by atoms with E-state index < -0.39 is 4.92 Å². The van der Waals surface area contributed by atoms with Crippen LogP contribution in [0.4, 0.5) is 5.69 Å². The third-order valence-corrected chi connectivity index (χ3v) is 3.96. The van der Waals surface area contributed by atoms with E-state index in [2.05, 4.69) is 5.32 Å². The quantitative estimate of drug-likeness (QED) is 0.493. The van der Waals surface area contributed by atoms with Gasteiger partial charge in [0.1, 0.15) is 12.4 Å². The SMILES string of the molecule is O=[N+]([O-])c1ccc(OCCNC2CCCCCCC2)cc1. The maximum Gasteiger partial charge on any atom is 0.269 e. The summed E-state index contributed by atoms with van der Waals surface area (Å²) in [6, 6.07) is 6.85. The van der Waals surface area contributed by atoms with Crippen molar-refractivity contribution in [3.63, 3.8) is 0 Å². The molecule has 0 unspecified atom stereocenters. The van der Waals surface area contributed by atoms with E-state index in [1.54, 1.807) is 12.1 Å². The molecule has 1 aliphatic rings. The van der Waals surface area contributed by atoms with Crippen molar-refractivity contribution in [3.05, 3.63) is 34.4 Å². The summed E-state index contributed by atoms with van der Waals surface area (Å²) in [6.07, 6.45) is 9.27. The second-order valence-electron chi connectivity index (χ2n) is 5.60. The second-order valence-corrected chi connectivity index (χ2v) is 5.60. The van der Waals surface area contributed by atoms with Gasteiger partial charge in [-0.2, -0.15) is 0 Å². The topological polar surface area (TPSA) is 64.4 Å². The molecule has 1 N–H and O–H groups in total. The van der Waals surface area contributed by atoms with Crippen LogP contribution in [-0.2, 0) is 0 Å². The van der Waals surface area contributed by atoms with Crippen LogP contribution >= 0.6 is 0 Å². The average Bonchev–Trinajstić information content (AvgIpc) is 2.45. The zero-order chi connectivity index (χ0) is 14.9. The zero-order valence-corrected chi connectivity index (χ0v) is 12.4. The molecule has 1 saturated carbocycles. The summed E-state index contributed by atoms with van der Waals surface area (Å²) in [7, 11) is 0. The lowest BCUT2D eigenvalue weighted by Crippen LogP contribution is -2.33. The van der Waals surface area contributed by atoms with Gasteiger partial charge in [-0.15, -0.1) is 0 Å². The molecule has 1 aromatic carbocycles. The smallest absolute Gasteiger partial charge is 0.269 e. The minimum atomic E-state index is -0.403. The van der Waals surface area contributed by atoms with Crippen LogP contribution in [0.15, 0.2) is 24.3 Å². The lowest BCUT2D eigenvalue weighted by molar-refractivity contribution is -0.384. The molecule has 21 heavy (non-hydrogen) atoms. The van der Waals surface area contributed by atoms with Crippen molar-refractivity contribution in [1.82, 2.24) is 5.32 Å². The molecule has 1 aromatic rings. The minimum absolute atomic E-state index is 0.0926. The highest BCUT2D eigenvalue weighted by Gasteiger charge is 2.10. The van der Waals surface area contributed by atoms with Crippen LogP contribution in [0.2, 0.25) is 0 Å².